The third-order valence-corrected chi connectivity index (χ3v) is 6.26. The normalized spacial score (nSPS) is 15.6. The lowest BCUT2D eigenvalue weighted by molar-refractivity contribution is -0.127. The van der Waals surface area contributed by atoms with Crippen molar-refractivity contribution in [3.8, 4) is 0 Å². The summed E-state index contributed by atoms with van der Waals surface area (Å²) >= 11 is 5.04. The number of hydrogen-bond acceptors (Lipinski definition) is 4. The van der Waals surface area contributed by atoms with Crippen molar-refractivity contribution in [1.82, 2.24) is 14.8 Å². The summed E-state index contributed by atoms with van der Waals surface area (Å²) in [5, 5.41) is 1.10. The lowest BCUT2D eigenvalue weighted by atomic mass is 10.2. The Kier molecular flexibility index (Phi) is 5.85. The highest BCUT2D eigenvalue weighted by molar-refractivity contribution is 9.10. The van der Waals surface area contributed by atoms with Crippen molar-refractivity contribution in [3.05, 3.63) is 69.4 Å². The Hall–Kier alpha value is -2.09. The number of para-hydroxylation sites is 1. The minimum atomic E-state index is -0.340. The molecular weight excluding hydrogens is 441 g/mol. The van der Waals surface area contributed by atoms with Crippen LogP contribution in [0.15, 0.2) is 53.0 Å². The summed E-state index contributed by atoms with van der Waals surface area (Å²) in [6, 6.07) is 12.8. The van der Waals surface area contributed by atoms with Crippen LogP contribution in [0.5, 0.6) is 0 Å². The summed E-state index contributed by atoms with van der Waals surface area (Å²) in [5.41, 5.74) is 1.44. The Balaban J connectivity index is 1.32. The number of amides is 1. The minimum Gasteiger partial charge on any atom is -0.337 e. The van der Waals surface area contributed by atoms with E-state index in [1.807, 2.05) is 18.2 Å². The van der Waals surface area contributed by atoms with Gasteiger partial charge in [0.1, 0.15) is 10.8 Å². The zero-order valence-electron chi connectivity index (χ0n) is 15.1. The van der Waals surface area contributed by atoms with Crippen LogP contribution in [0, 0.1) is 5.82 Å². The third-order valence-electron chi connectivity index (χ3n) is 4.74. The van der Waals surface area contributed by atoms with Gasteiger partial charge in [0, 0.05) is 42.3 Å². The number of halogens is 2. The fourth-order valence-electron chi connectivity index (χ4n) is 3.21. The second kappa shape index (κ2) is 8.51. The quantitative estimate of drug-likeness (QED) is 0.536. The molecule has 0 N–H and O–H groups in total. The summed E-state index contributed by atoms with van der Waals surface area (Å²) < 4.78 is 15.8. The second-order valence-corrected chi connectivity index (χ2v) is 8.71. The van der Waals surface area contributed by atoms with Crippen LogP contribution < -0.4 is 0 Å². The third kappa shape index (κ3) is 4.48. The summed E-state index contributed by atoms with van der Waals surface area (Å²) in [7, 11) is 0. The molecule has 4 rings (SSSR count). The largest absolute Gasteiger partial charge is 0.337 e. The molecule has 1 fully saturated rings. The molecule has 0 aliphatic carbocycles. The van der Waals surface area contributed by atoms with Crippen LogP contribution in [0.2, 0.25) is 0 Å². The average Bonchev–Trinajstić information content (AvgIpc) is 3.11. The van der Waals surface area contributed by atoms with E-state index in [1.165, 1.54) is 22.9 Å². The molecule has 4 nitrogen and oxygen atoms in total. The molecule has 2 heterocycles. The van der Waals surface area contributed by atoms with Crippen molar-refractivity contribution >= 4 is 49.5 Å². The van der Waals surface area contributed by atoms with Gasteiger partial charge in [0.2, 0.25) is 5.91 Å². The first-order valence-corrected chi connectivity index (χ1v) is 10.7. The number of thiazole rings is 1. The van der Waals surface area contributed by atoms with Gasteiger partial charge in [-0.3, -0.25) is 9.69 Å². The summed E-state index contributed by atoms with van der Waals surface area (Å²) in [4.78, 5) is 21.2. The van der Waals surface area contributed by atoms with Crippen LogP contribution in [-0.4, -0.2) is 46.9 Å². The molecule has 0 bridgehead atoms. The van der Waals surface area contributed by atoms with Crippen LogP contribution in [0.3, 0.4) is 0 Å². The standard InChI is InChI=1S/C21H19BrFN3OS/c22-16-6-7-17(23)15(13-16)5-8-21(27)26-11-9-25(10-12-26)14-20-24-18-3-1-2-4-19(18)28-20/h1-8,13H,9-12,14H2/b8-5+. The number of rotatable bonds is 4. The van der Waals surface area contributed by atoms with E-state index in [9.17, 15) is 9.18 Å². The van der Waals surface area contributed by atoms with Crippen LogP contribution >= 0.6 is 27.3 Å². The molecule has 0 spiro atoms. The van der Waals surface area contributed by atoms with Gasteiger partial charge in [0.25, 0.3) is 0 Å². The first-order chi connectivity index (χ1) is 13.6. The molecule has 1 saturated heterocycles. The highest BCUT2D eigenvalue weighted by atomic mass is 79.9. The van der Waals surface area contributed by atoms with Gasteiger partial charge >= 0.3 is 0 Å². The maximum atomic E-state index is 13.8. The minimum absolute atomic E-state index is 0.0842. The van der Waals surface area contributed by atoms with Crippen molar-refractivity contribution in [2.45, 2.75) is 6.54 Å². The SMILES string of the molecule is O=C(/C=C/c1cc(Br)ccc1F)N1CCN(Cc2nc3ccccc3s2)CC1. The van der Waals surface area contributed by atoms with Gasteiger partial charge in [-0.25, -0.2) is 9.37 Å². The summed E-state index contributed by atoms with van der Waals surface area (Å²) in [6.07, 6.45) is 2.99. The molecule has 3 aromatic rings. The number of piperazine rings is 1. The van der Waals surface area contributed by atoms with Crippen molar-refractivity contribution < 1.29 is 9.18 Å². The molecule has 0 radical (unpaired) electrons. The van der Waals surface area contributed by atoms with E-state index in [0.717, 1.165) is 34.6 Å². The molecule has 1 aromatic heterocycles. The van der Waals surface area contributed by atoms with Gasteiger partial charge in [0.05, 0.1) is 16.8 Å². The van der Waals surface area contributed by atoms with E-state index >= 15 is 0 Å². The fraction of sp³-hybridized carbons (Fsp3) is 0.238. The topological polar surface area (TPSA) is 36.4 Å². The Labute approximate surface area is 175 Å². The predicted molar refractivity (Wildman–Crippen MR) is 115 cm³/mol. The lowest BCUT2D eigenvalue weighted by Gasteiger charge is -2.33. The van der Waals surface area contributed by atoms with Gasteiger partial charge in [-0.1, -0.05) is 28.1 Å². The van der Waals surface area contributed by atoms with E-state index in [1.54, 1.807) is 28.4 Å². The Morgan fingerprint density at radius 2 is 1.96 bits per heavy atom. The van der Waals surface area contributed by atoms with E-state index in [2.05, 4.69) is 31.9 Å². The van der Waals surface area contributed by atoms with Crippen molar-refractivity contribution in [2.75, 3.05) is 26.2 Å². The summed E-state index contributed by atoms with van der Waals surface area (Å²) in [5.74, 6) is -0.424. The smallest absolute Gasteiger partial charge is 0.246 e. The number of aromatic nitrogens is 1. The van der Waals surface area contributed by atoms with Crippen molar-refractivity contribution in [1.29, 1.82) is 0 Å². The molecule has 1 amide bonds. The van der Waals surface area contributed by atoms with Gasteiger partial charge in [0.15, 0.2) is 0 Å². The average molecular weight is 460 g/mol. The Morgan fingerprint density at radius 3 is 2.75 bits per heavy atom. The number of fused-ring (bicyclic) bond motifs is 1. The van der Waals surface area contributed by atoms with Crippen LogP contribution in [-0.2, 0) is 11.3 Å². The lowest BCUT2D eigenvalue weighted by Crippen LogP contribution is -2.47. The monoisotopic (exact) mass is 459 g/mol. The highest BCUT2D eigenvalue weighted by Crippen LogP contribution is 2.23. The molecule has 0 atom stereocenters. The Bertz CT molecular complexity index is 994. The highest BCUT2D eigenvalue weighted by Gasteiger charge is 2.20. The first kappa shape index (κ1) is 19.2. The fourth-order valence-corrected chi connectivity index (χ4v) is 4.60. The van der Waals surface area contributed by atoms with Crippen molar-refractivity contribution in [2.24, 2.45) is 0 Å². The van der Waals surface area contributed by atoms with E-state index in [-0.39, 0.29) is 11.7 Å². The molecular formula is C21H19BrFN3OS. The molecule has 144 valence electrons. The van der Waals surface area contributed by atoms with Crippen molar-refractivity contribution in [3.63, 3.8) is 0 Å². The molecule has 1 aliphatic rings. The van der Waals surface area contributed by atoms with E-state index < -0.39 is 0 Å². The zero-order valence-corrected chi connectivity index (χ0v) is 17.5. The number of benzene rings is 2. The molecule has 28 heavy (non-hydrogen) atoms. The molecule has 7 heteroatoms. The van der Waals surface area contributed by atoms with Crippen LogP contribution in [0.4, 0.5) is 4.39 Å². The number of carbonyl (C=O) groups excluding carboxylic acids is 1. The van der Waals surface area contributed by atoms with Gasteiger partial charge < -0.3 is 4.90 Å². The molecule has 0 saturated carbocycles. The second-order valence-electron chi connectivity index (χ2n) is 6.68. The molecule has 0 unspecified atom stereocenters. The number of nitrogens with zero attached hydrogens (tertiary/aromatic N) is 3. The van der Waals surface area contributed by atoms with Crippen LogP contribution in [0.25, 0.3) is 16.3 Å². The number of carbonyl (C=O) groups is 1. The molecule has 1 aliphatic heterocycles. The zero-order chi connectivity index (χ0) is 19.5. The van der Waals surface area contributed by atoms with Gasteiger partial charge in [-0.15, -0.1) is 11.3 Å². The summed E-state index contributed by atoms with van der Waals surface area (Å²) in [6.45, 7) is 3.74. The van der Waals surface area contributed by atoms with Gasteiger partial charge in [-0.05, 0) is 36.4 Å². The van der Waals surface area contributed by atoms with Gasteiger partial charge in [-0.2, -0.15) is 0 Å². The predicted octanol–water partition coefficient (Wildman–Crippen LogP) is 4.56. The van der Waals surface area contributed by atoms with E-state index in [4.69, 9.17) is 0 Å². The Morgan fingerprint density at radius 1 is 1.18 bits per heavy atom. The maximum Gasteiger partial charge on any atom is 0.246 e. The van der Waals surface area contributed by atoms with Crippen LogP contribution in [0.1, 0.15) is 10.6 Å². The number of hydrogen-bond donors (Lipinski definition) is 0. The maximum absolute atomic E-state index is 13.8. The molecule has 2 aromatic carbocycles. The van der Waals surface area contributed by atoms with E-state index in [0.29, 0.717) is 18.7 Å². The first-order valence-electron chi connectivity index (χ1n) is 9.07.